The molecule has 2 heterocycles. The molecule has 0 bridgehead atoms. The van der Waals surface area contributed by atoms with Crippen LogP contribution >= 0.6 is 0 Å². The van der Waals surface area contributed by atoms with Crippen molar-refractivity contribution in [2.75, 3.05) is 13.2 Å². The first kappa shape index (κ1) is 12.9. The first-order valence-electron chi connectivity index (χ1n) is 5.75. The van der Waals surface area contributed by atoms with Crippen LogP contribution < -0.4 is 5.32 Å². The number of pyridine rings is 1. The summed E-state index contributed by atoms with van der Waals surface area (Å²) in [7, 11) is 0. The summed E-state index contributed by atoms with van der Waals surface area (Å²) in [5, 5.41) is 12.8. The van der Waals surface area contributed by atoms with Gasteiger partial charge in [-0.1, -0.05) is 0 Å². The van der Waals surface area contributed by atoms with Gasteiger partial charge in [-0.25, -0.2) is 4.98 Å². The highest BCUT2D eigenvalue weighted by Crippen LogP contribution is 2.24. The topological polar surface area (TPSA) is 71.5 Å². The maximum absolute atomic E-state index is 12.6. The van der Waals surface area contributed by atoms with E-state index in [2.05, 4.69) is 10.3 Å². The Balaban J connectivity index is 1.94. The van der Waals surface area contributed by atoms with Crippen LogP contribution in [0.3, 0.4) is 0 Å². The minimum Gasteiger partial charge on any atom is -0.385 e. The molecule has 2 rings (SSSR count). The van der Waals surface area contributed by atoms with Crippen molar-refractivity contribution in [3.63, 3.8) is 0 Å². The van der Waals surface area contributed by atoms with Crippen molar-refractivity contribution in [1.82, 2.24) is 10.3 Å². The average molecular weight is 254 g/mol. The molecular weight excluding hydrogens is 239 g/mol. The van der Waals surface area contributed by atoms with E-state index in [-0.39, 0.29) is 18.2 Å². The minimum atomic E-state index is -1.04. The van der Waals surface area contributed by atoms with Gasteiger partial charge in [-0.15, -0.1) is 0 Å². The molecule has 2 atom stereocenters. The van der Waals surface area contributed by atoms with Crippen molar-refractivity contribution in [3.05, 3.63) is 29.8 Å². The van der Waals surface area contributed by atoms with E-state index in [1.807, 2.05) is 0 Å². The highest BCUT2D eigenvalue weighted by molar-refractivity contribution is 5.93. The first-order valence-corrected chi connectivity index (χ1v) is 5.75. The molecule has 1 amide bonds. The van der Waals surface area contributed by atoms with Crippen molar-refractivity contribution < 1.29 is 19.0 Å². The van der Waals surface area contributed by atoms with Gasteiger partial charge >= 0.3 is 0 Å². The van der Waals surface area contributed by atoms with Gasteiger partial charge in [0.1, 0.15) is 5.60 Å². The molecule has 0 spiro atoms. The zero-order valence-electron chi connectivity index (χ0n) is 10.0. The molecule has 1 aliphatic heterocycles. The van der Waals surface area contributed by atoms with Crippen molar-refractivity contribution in [3.8, 4) is 0 Å². The average Bonchev–Trinajstić information content (AvgIpc) is 2.68. The zero-order chi connectivity index (χ0) is 13.2. The number of rotatable bonds is 3. The molecule has 2 N–H and O–H groups in total. The summed E-state index contributed by atoms with van der Waals surface area (Å²) >= 11 is 0. The van der Waals surface area contributed by atoms with Gasteiger partial charge in [0.05, 0.1) is 11.7 Å². The number of nitrogens with zero attached hydrogens (tertiary/aromatic N) is 1. The zero-order valence-corrected chi connectivity index (χ0v) is 10.0. The lowest BCUT2D eigenvalue weighted by molar-refractivity contribution is -0.0251. The van der Waals surface area contributed by atoms with Crippen LogP contribution in [0.1, 0.15) is 23.7 Å². The molecule has 1 fully saturated rings. The van der Waals surface area contributed by atoms with Crippen LogP contribution in [0.5, 0.6) is 0 Å². The second-order valence-corrected chi connectivity index (χ2v) is 4.42. The number of halogens is 1. The quantitative estimate of drug-likeness (QED) is 0.770. The molecule has 0 radical (unpaired) electrons. The Morgan fingerprint density at radius 2 is 2.50 bits per heavy atom. The van der Waals surface area contributed by atoms with E-state index in [0.29, 0.717) is 13.0 Å². The predicted octanol–water partition coefficient (Wildman–Crippen LogP) is 0.490. The van der Waals surface area contributed by atoms with Crippen LogP contribution in [0.15, 0.2) is 18.3 Å². The largest absolute Gasteiger partial charge is 0.385 e. The summed E-state index contributed by atoms with van der Waals surface area (Å²) in [5.41, 5.74) is -0.782. The van der Waals surface area contributed by atoms with Crippen LogP contribution in [-0.4, -0.2) is 40.9 Å². The van der Waals surface area contributed by atoms with Gasteiger partial charge in [0.25, 0.3) is 5.91 Å². The van der Waals surface area contributed by atoms with Crippen LogP contribution in [0.25, 0.3) is 0 Å². The second-order valence-electron chi connectivity index (χ2n) is 4.42. The van der Waals surface area contributed by atoms with Crippen molar-refractivity contribution in [2.45, 2.75) is 25.0 Å². The van der Waals surface area contributed by atoms with E-state index >= 15 is 0 Å². The fraction of sp³-hybridized carbons (Fsp3) is 0.500. The highest BCUT2D eigenvalue weighted by atomic mass is 19.1. The Kier molecular flexibility index (Phi) is 3.58. The lowest BCUT2D eigenvalue weighted by Crippen LogP contribution is -2.47. The van der Waals surface area contributed by atoms with E-state index in [9.17, 15) is 14.3 Å². The smallest absolute Gasteiger partial charge is 0.252 e. The van der Waals surface area contributed by atoms with Gasteiger partial charge in [0.2, 0.25) is 5.95 Å². The SMILES string of the molecule is CC1OCCC1(O)CNC(=O)c1ccc(F)nc1. The molecule has 0 aliphatic carbocycles. The Morgan fingerprint density at radius 3 is 3.06 bits per heavy atom. The third-order valence-electron chi connectivity index (χ3n) is 3.20. The molecule has 1 aliphatic rings. The van der Waals surface area contributed by atoms with Gasteiger partial charge < -0.3 is 15.2 Å². The second kappa shape index (κ2) is 4.99. The summed E-state index contributed by atoms with van der Waals surface area (Å²) in [6, 6.07) is 2.46. The van der Waals surface area contributed by atoms with Crippen LogP contribution in [0.2, 0.25) is 0 Å². The number of nitrogens with one attached hydrogen (secondary N) is 1. The molecule has 2 unspecified atom stereocenters. The Labute approximate surface area is 104 Å². The van der Waals surface area contributed by atoms with E-state index in [0.717, 1.165) is 12.3 Å². The lowest BCUT2D eigenvalue weighted by Gasteiger charge is -2.26. The monoisotopic (exact) mass is 254 g/mol. The van der Waals surface area contributed by atoms with Crippen molar-refractivity contribution in [2.24, 2.45) is 0 Å². The predicted molar refractivity (Wildman–Crippen MR) is 61.5 cm³/mol. The molecule has 5 nitrogen and oxygen atoms in total. The number of carbonyl (C=O) groups is 1. The molecule has 1 aromatic heterocycles. The Bertz CT molecular complexity index is 437. The molecule has 6 heteroatoms. The fourth-order valence-electron chi connectivity index (χ4n) is 1.85. The van der Waals surface area contributed by atoms with Gasteiger partial charge in [-0.05, 0) is 19.1 Å². The lowest BCUT2D eigenvalue weighted by atomic mass is 9.96. The summed E-state index contributed by atoms with van der Waals surface area (Å²) in [6.45, 7) is 2.34. The third-order valence-corrected chi connectivity index (χ3v) is 3.20. The summed E-state index contributed by atoms with van der Waals surface area (Å²) < 4.78 is 17.9. The van der Waals surface area contributed by atoms with Gasteiger partial charge in [-0.2, -0.15) is 4.39 Å². The molecule has 0 saturated carbocycles. The maximum Gasteiger partial charge on any atom is 0.252 e. The fourth-order valence-corrected chi connectivity index (χ4v) is 1.85. The molecular formula is C12H15FN2O3. The molecule has 18 heavy (non-hydrogen) atoms. The van der Waals surface area contributed by atoms with Gasteiger partial charge in [-0.3, -0.25) is 4.79 Å². The summed E-state index contributed by atoms with van der Waals surface area (Å²) in [6.07, 6.45) is 1.32. The van der Waals surface area contributed by atoms with Crippen molar-refractivity contribution >= 4 is 5.91 Å². The minimum absolute atomic E-state index is 0.102. The van der Waals surface area contributed by atoms with Crippen molar-refractivity contribution in [1.29, 1.82) is 0 Å². The number of hydrogen-bond acceptors (Lipinski definition) is 4. The Morgan fingerprint density at radius 1 is 1.72 bits per heavy atom. The van der Waals surface area contributed by atoms with Gasteiger partial charge in [0, 0.05) is 25.8 Å². The van der Waals surface area contributed by atoms with Crippen LogP contribution in [0.4, 0.5) is 4.39 Å². The first-order chi connectivity index (χ1) is 8.51. The molecule has 0 aromatic carbocycles. The van der Waals surface area contributed by atoms with E-state index in [1.165, 1.54) is 6.07 Å². The number of hydrogen-bond donors (Lipinski definition) is 2. The number of carbonyl (C=O) groups excluding carboxylic acids is 1. The van der Waals surface area contributed by atoms with Gasteiger partial charge in [0.15, 0.2) is 0 Å². The summed E-state index contributed by atoms with van der Waals surface area (Å²) in [5.74, 6) is -1.03. The molecule has 98 valence electrons. The maximum atomic E-state index is 12.6. The third kappa shape index (κ3) is 2.65. The molecule has 1 aromatic rings. The van der Waals surface area contributed by atoms with E-state index in [4.69, 9.17) is 4.74 Å². The summed E-state index contributed by atoms with van der Waals surface area (Å²) in [4.78, 5) is 15.1. The normalized spacial score (nSPS) is 27.2. The number of amides is 1. The number of aromatic nitrogens is 1. The highest BCUT2D eigenvalue weighted by Gasteiger charge is 2.39. The number of ether oxygens (including phenoxy) is 1. The Hall–Kier alpha value is -1.53. The van der Waals surface area contributed by atoms with E-state index in [1.54, 1.807) is 6.92 Å². The van der Waals surface area contributed by atoms with E-state index < -0.39 is 17.5 Å². The van der Waals surface area contributed by atoms with Crippen LogP contribution in [-0.2, 0) is 4.74 Å². The van der Waals surface area contributed by atoms with Crippen LogP contribution in [0, 0.1) is 5.95 Å². The number of aliphatic hydroxyl groups is 1. The standard InChI is InChI=1S/C12H15FN2O3/c1-8-12(17,4-5-18-8)7-15-11(16)9-2-3-10(13)14-6-9/h2-3,6,8,17H,4-5,7H2,1H3,(H,15,16). The molecule has 1 saturated heterocycles.